The van der Waals surface area contributed by atoms with Gasteiger partial charge in [-0.1, -0.05) is 35.9 Å². The number of carbonyl (C=O) groups is 2. The number of hydrogen-bond acceptors (Lipinski definition) is 5. The van der Waals surface area contributed by atoms with E-state index >= 15 is 0 Å². The molecule has 0 spiro atoms. The Bertz CT molecular complexity index is 1210. The molecule has 2 heterocycles. The van der Waals surface area contributed by atoms with Gasteiger partial charge in [0.15, 0.2) is 0 Å². The number of para-hydroxylation sites is 2. The van der Waals surface area contributed by atoms with E-state index in [1.165, 1.54) is 0 Å². The summed E-state index contributed by atoms with van der Waals surface area (Å²) in [6.45, 7) is 5.87. The number of fused-ring (bicyclic) bond motifs is 1. The first-order valence-electron chi connectivity index (χ1n) is 10.9. The van der Waals surface area contributed by atoms with Crippen molar-refractivity contribution in [2.75, 3.05) is 13.7 Å². The Kier molecular flexibility index (Phi) is 6.52. The first kappa shape index (κ1) is 23.6. The average Bonchev–Trinajstić information content (AvgIpc) is 3.35. The SMILES string of the molecule is COc1ccccc1-n1nc2c(c1-c1ccc(Cl)cc1)CN(C(=O)CNC(=O)OC(C)(C)C)C2. The van der Waals surface area contributed by atoms with Gasteiger partial charge < -0.3 is 19.7 Å². The van der Waals surface area contributed by atoms with Crippen LogP contribution in [0.4, 0.5) is 4.79 Å². The summed E-state index contributed by atoms with van der Waals surface area (Å²) in [5.41, 5.74) is 3.69. The van der Waals surface area contributed by atoms with Crippen LogP contribution in [0.5, 0.6) is 5.75 Å². The van der Waals surface area contributed by atoms with Crippen LogP contribution < -0.4 is 10.1 Å². The number of hydrogen-bond donors (Lipinski definition) is 1. The van der Waals surface area contributed by atoms with E-state index in [-0.39, 0.29) is 12.5 Å². The summed E-state index contributed by atoms with van der Waals surface area (Å²) in [4.78, 5) is 26.4. The Balaban J connectivity index is 1.61. The summed E-state index contributed by atoms with van der Waals surface area (Å²) in [5.74, 6) is 0.475. The lowest BCUT2D eigenvalue weighted by atomic mass is 10.1. The number of rotatable bonds is 5. The van der Waals surface area contributed by atoms with Crippen LogP contribution in [0.3, 0.4) is 0 Å². The number of alkyl carbamates (subject to hydrolysis) is 1. The predicted octanol–water partition coefficient (Wildman–Crippen LogP) is 4.57. The Labute approximate surface area is 203 Å². The van der Waals surface area contributed by atoms with Gasteiger partial charge in [-0.25, -0.2) is 9.48 Å². The number of benzene rings is 2. The van der Waals surface area contributed by atoms with Crippen molar-refractivity contribution in [1.82, 2.24) is 20.0 Å². The molecule has 0 unspecified atom stereocenters. The molecule has 0 radical (unpaired) electrons. The summed E-state index contributed by atoms with van der Waals surface area (Å²) in [6.07, 6.45) is -0.624. The third-order valence-corrected chi connectivity index (χ3v) is 5.57. The van der Waals surface area contributed by atoms with Crippen molar-refractivity contribution in [3.05, 3.63) is 64.8 Å². The Morgan fingerprint density at radius 1 is 1.09 bits per heavy atom. The smallest absolute Gasteiger partial charge is 0.408 e. The van der Waals surface area contributed by atoms with E-state index < -0.39 is 11.7 Å². The molecule has 0 saturated carbocycles. The maximum absolute atomic E-state index is 12.8. The van der Waals surface area contributed by atoms with Crippen LogP contribution in [0.15, 0.2) is 48.5 Å². The molecule has 2 amide bonds. The lowest BCUT2D eigenvalue weighted by Gasteiger charge is -2.21. The molecule has 1 N–H and O–H groups in total. The van der Waals surface area contributed by atoms with Crippen molar-refractivity contribution in [2.45, 2.75) is 39.5 Å². The maximum Gasteiger partial charge on any atom is 0.408 e. The quantitative estimate of drug-likeness (QED) is 0.575. The van der Waals surface area contributed by atoms with Crippen LogP contribution in [0, 0.1) is 0 Å². The van der Waals surface area contributed by atoms with Crippen molar-refractivity contribution in [2.24, 2.45) is 0 Å². The van der Waals surface area contributed by atoms with Gasteiger partial charge in [-0.05, 0) is 45.0 Å². The van der Waals surface area contributed by atoms with Crippen molar-refractivity contribution < 1.29 is 19.1 Å². The second kappa shape index (κ2) is 9.38. The van der Waals surface area contributed by atoms with E-state index in [4.69, 9.17) is 26.2 Å². The van der Waals surface area contributed by atoms with E-state index in [1.54, 1.807) is 32.8 Å². The van der Waals surface area contributed by atoms with E-state index in [0.29, 0.717) is 23.9 Å². The summed E-state index contributed by atoms with van der Waals surface area (Å²) in [7, 11) is 1.62. The monoisotopic (exact) mass is 482 g/mol. The molecule has 4 rings (SSSR count). The van der Waals surface area contributed by atoms with Gasteiger partial charge in [0.25, 0.3) is 0 Å². The highest BCUT2D eigenvalue weighted by Gasteiger charge is 2.32. The van der Waals surface area contributed by atoms with Crippen molar-refractivity contribution in [1.29, 1.82) is 0 Å². The second-order valence-electron chi connectivity index (χ2n) is 8.97. The van der Waals surface area contributed by atoms with E-state index in [2.05, 4.69) is 5.32 Å². The molecular weight excluding hydrogens is 456 g/mol. The highest BCUT2D eigenvalue weighted by atomic mass is 35.5. The van der Waals surface area contributed by atoms with Gasteiger partial charge in [-0.2, -0.15) is 5.10 Å². The number of nitrogens with one attached hydrogen (secondary N) is 1. The predicted molar refractivity (Wildman–Crippen MR) is 129 cm³/mol. The number of amides is 2. The maximum atomic E-state index is 12.8. The van der Waals surface area contributed by atoms with Gasteiger partial charge in [0.1, 0.15) is 23.6 Å². The van der Waals surface area contributed by atoms with Gasteiger partial charge in [0.2, 0.25) is 5.91 Å². The van der Waals surface area contributed by atoms with Crippen molar-refractivity contribution >= 4 is 23.6 Å². The normalized spacial score (nSPS) is 12.9. The number of methoxy groups -OCH3 is 1. The fourth-order valence-corrected chi connectivity index (χ4v) is 3.98. The zero-order valence-electron chi connectivity index (χ0n) is 19.6. The minimum Gasteiger partial charge on any atom is -0.494 e. The van der Waals surface area contributed by atoms with Crippen LogP contribution in [0.25, 0.3) is 16.9 Å². The van der Waals surface area contributed by atoms with Gasteiger partial charge in [0, 0.05) is 16.1 Å². The van der Waals surface area contributed by atoms with E-state index in [1.807, 2.05) is 53.2 Å². The number of aromatic nitrogens is 2. The van der Waals surface area contributed by atoms with Crippen LogP contribution in [-0.4, -0.2) is 45.9 Å². The van der Waals surface area contributed by atoms with Crippen molar-refractivity contribution in [3.8, 4) is 22.7 Å². The fraction of sp³-hybridized carbons (Fsp3) is 0.320. The van der Waals surface area contributed by atoms with Gasteiger partial charge in [-0.3, -0.25) is 4.79 Å². The number of carbonyl (C=O) groups excluding carboxylic acids is 2. The molecule has 0 fully saturated rings. The summed E-state index contributed by atoms with van der Waals surface area (Å²) >= 11 is 6.12. The lowest BCUT2D eigenvalue weighted by molar-refractivity contribution is -0.130. The average molecular weight is 483 g/mol. The van der Waals surface area contributed by atoms with E-state index in [9.17, 15) is 9.59 Å². The fourth-order valence-electron chi connectivity index (χ4n) is 3.85. The van der Waals surface area contributed by atoms with Gasteiger partial charge >= 0.3 is 6.09 Å². The molecule has 3 aromatic rings. The molecule has 8 nitrogen and oxygen atoms in total. The lowest BCUT2D eigenvalue weighted by Crippen LogP contribution is -2.40. The molecule has 1 aliphatic rings. The molecule has 9 heteroatoms. The highest BCUT2D eigenvalue weighted by molar-refractivity contribution is 6.30. The van der Waals surface area contributed by atoms with Crippen LogP contribution in [-0.2, 0) is 22.6 Å². The number of ether oxygens (including phenoxy) is 2. The van der Waals surface area contributed by atoms with Crippen molar-refractivity contribution in [3.63, 3.8) is 0 Å². The minimum atomic E-state index is -0.632. The largest absolute Gasteiger partial charge is 0.494 e. The van der Waals surface area contributed by atoms with Crippen LogP contribution in [0.2, 0.25) is 5.02 Å². The van der Waals surface area contributed by atoms with Gasteiger partial charge in [-0.15, -0.1) is 0 Å². The third kappa shape index (κ3) is 5.02. The first-order chi connectivity index (χ1) is 16.2. The number of nitrogens with zero attached hydrogens (tertiary/aromatic N) is 3. The highest BCUT2D eigenvalue weighted by Crippen LogP contribution is 2.37. The Morgan fingerprint density at radius 2 is 1.79 bits per heavy atom. The van der Waals surface area contributed by atoms with Crippen LogP contribution >= 0.6 is 11.6 Å². The standard InChI is InChI=1S/C25H27ClN4O4/c1-25(2,3)34-24(32)27-13-22(31)29-14-18-19(15-29)28-30(20-7-5-6-8-21(20)33-4)23(18)16-9-11-17(26)12-10-16/h5-12H,13-15H2,1-4H3,(H,27,32). The Hall–Kier alpha value is -3.52. The zero-order chi connectivity index (χ0) is 24.5. The second-order valence-corrected chi connectivity index (χ2v) is 9.41. The molecule has 1 aromatic heterocycles. The summed E-state index contributed by atoms with van der Waals surface area (Å²) in [6, 6.07) is 15.2. The zero-order valence-corrected chi connectivity index (χ0v) is 20.3. The molecule has 1 aliphatic heterocycles. The summed E-state index contributed by atoms with van der Waals surface area (Å²) in [5, 5.41) is 8.01. The molecule has 0 atom stereocenters. The summed E-state index contributed by atoms with van der Waals surface area (Å²) < 4.78 is 12.6. The molecule has 0 saturated heterocycles. The molecule has 34 heavy (non-hydrogen) atoms. The number of halogens is 1. The van der Waals surface area contributed by atoms with Gasteiger partial charge in [0.05, 0.1) is 31.6 Å². The third-order valence-electron chi connectivity index (χ3n) is 5.32. The molecule has 0 aliphatic carbocycles. The topological polar surface area (TPSA) is 85.7 Å². The first-order valence-corrected chi connectivity index (χ1v) is 11.3. The molecule has 178 valence electrons. The minimum absolute atomic E-state index is 0.151. The Morgan fingerprint density at radius 3 is 2.47 bits per heavy atom. The van der Waals surface area contributed by atoms with E-state index in [0.717, 1.165) is 28.2 Å². The molecule has 2 aromatic carbocycles. The van der Waals surface area contributed by atoms with Crippen LogP contribution in [0.1, 0.15) is 32.0 Å². The molecular formula is C25H27ClN4O4. The molecule has 0 bridgehead atoms.